The van der Waals surface area contributed by atoms with Crippen molar-refractivity contribution in [2.45, 2.75) is 125 Å². The first-order chi connectivity index (χ1) is 16.1. The van der Waals surface area contributed by atoms with E-state index in [1.54, 1.807) is 32.6 Å². The Hall–Kier alpha value is -2.57. The average molecular weight is 490 g/mol. The van der Waals surface area contributed by atoms with Crippen LogP contribution in [0.25, 0.3) is 0 Å². The molecule has 1 aromatic rings. The monoisotopic (exact) mass is 489 g/mol. The van der Waals surface area contributed by atoms with Gasteiger partial charge >= 0.3 is 6.09 Å². The van der Waals surface area contributed by atoms with Gasteiger partial charge in [0.25, 0.3) is 0 Å². The van der Waals surface area contributed by atoms with Crippen LogP contribution in [0.1, 0.15) is 104 Å². The van der Waals surface area contributed by atoms with E-state index in [1.165, 1.54) is 0 Å². The predicted octanol–water partition coefficient (Wildman–Crippen LogP) is 5.58. The largest absolute Gasteiger partial charge is 0.444 e. The molecule has 3 amide bonds. The van der Waals surface area contributed by atoms with Crippen LogP contribution in [0.5, 0.6) is 0 Å². The Morgan fingerprint density at radius 1 is 0.971 bits per heavy atom. The van der Waals surface area contributed by atoms with E-state index < -0.39 is 29.3 Å². The van der Waals surface area contributed by atoms with Crippen LogP contribution in [0.2, 0.25) is 0 Å². The first kappa shape index (κ1) is 30.5. The molecule has 0 bridgehead atoms. The fourth-order valence-corrected chi connectivity index (χ4v) is 4.16. The van der Waals surface area contributed by atoms with Gasteiger partial charge in [-0.05, 0) is 91.8 Å². The molecule has 0 aliphatic heterocycles. The van der Waals surface area contributed by atoms with Crippen LogP contribution in [0, 0.1) is 13.8 Å². The number of hydrogen-bond donors (Lipinski definition) is 2. The number of aryl methyl sites for hydroxylation is 2. The maximum Gasteiger partial charge on any atom is 0.408 e. The van der Waals surface area contributed by atoms with Gasteiger partial charge in [-0.15, -0.1) is 0 Å². The van der Waals surface area contributed by atoms with Crippen molar-refractivity contribution in [3.05, 3.63) is 34.9 Å². The molecule has 0 heterocycles. The zero-order chi connectivity index (χ0) is 27.1. The first-order valence-corrected chi connectivity index (χ1v) is 12.7. The fourth-order valence-electron chi connectivity index (χ4n) is 4.16. The van der Waals surface area contributed by atoms with Crippen molar-refractivity contribution in [1.29, 1.82) is 0 Å². The number of ether oxygens (including phenoxy) is 1. The molecule has 0 fully saturated rings. The molecule has 0 saturated heterocycles. The third-order valence-electron chi connectivity index (χ3n) is 6.29. The minimum Gasteiger partial charge on any atom is -0.444 e. The molecule has 3 atom stereocenters. The molecule has 2 N–H and O–H groups in total. The summed E-state index contributed by atoms with van der Waals surface area (Å²) < 4.78 is 5.36. The van der Waals surface area contributed by atoms with E-state index in [4.69, 9.17) is 4.74 Å². The topological polar surface area (TPSA) is 87.7 Å². The highest BCUT2D eigenvalue weighted by Gasteiger charge is 2.43. The first-order valence-electron chi connectivity index (χ1n) is 12.7. The van der Waals surface area contributed by atoms with Crippen molar-refractivity contribution in [2.75, 3.05) is 0 Å². The number of amides is 3. The molecule has 0 saturated carbocycles. The quantitative estimate of drug-likeness (QED) is 0.449. The summed E-state index contributed by atoms with van der Waals surface area (Å²) in [6.07, 6.45) is 1.73. The maximum atomic E-state index is 14.0. The van der Waals surface area contributed by atoms with Gasteiger partial charge in [0.1, 0.15) is 17.7 Å². The van der Waals surface area contributed by atoms with E-state index in [1.807, 2.05) is 59.7 Å². The Kier molecular flexibility index (Phi) is 10.8. The van der Waals surface area contributed by atoms with Crippen LogP contribution in [0.4, 0.5) is 4.79 Å². The zero-order valence-corrected chi connectivity index (χ0v) is 23.7. The molecule has 198 valence electrons. The highest BCUT2D eigenvalue weighted by Crippen LogP contribution is 2.35. The number of rotatable bonds is 10. The summed E-state index contributed by atoms with van der Waals surface area (Å²) in [5, 5.41) is 5.80. The van der Waals surface area contributed by atoms with Crippen molar-refractivity contribution in [1.82, 2.24) is 15.5 Å². The summed E-state index contributed by atoms with van der Waals surface area (Å²) in [7, 11) is 0. The van der Waals surface area contributed by atoms with Gasteiger partial charge in [-0.25, -0.2) is 4.79 Å². The van der Waals surface area contributed by atoms with Crippen LogP contribution >= 0.6 is 0 Å². The van der Waals surface area contributed by atoms with Crippen LogP contribution in [-0.4, -0.2) is 46.0 Å². The van der Waals surface area contributed by atoms with E-state index in [-0.39, 0.29) is 17.9 Å². The lowest BCUT2D eigenvalue weighted by atomic mass is 9.88. The minimum absolute atomic E-state index is 0.0293. The standard InChI is InChI=1S/C28H47N3O4/c1-12-15-20(5)29-24(32)23(22-18(3)16-14-17-19(22)4)31(28(10,11)13-2)25(33)21(6)30-26(34)35-27(7,8)9/h14,16-17,20-21,23H,12-13,15H2,1-11H3,(H,29,32)(H,30,34). The summed E-state index contributed by atoms with van der Waals surface area (Å²) >= 11 is 0. The third-order valence-corrected chi connectivity index (χ3v) is 6.29. The normalized spacial score (nSPS) is 14.5. The minimum atomic E-state index is -0.886. The van der Waals surface area contributed by atoms with Crippen molar-refractivity contribution < 1.29 is 19.1 Å². The molecule has 35 heavy (non-hydrogen) atoms. The number of hydrogen-bond acceptors (Lipinski definition) is 4. The molecule has 0 aliphatic carbocycles. The maximum absolute atomic E-state index is 14.0. The van der Waals surface area contributed by atoms with Crippen LogP contribution in [0.3, 0.4) is 0 Å². The van der Waals surface area contributed by atoms with Gasteiger partial charge in [0.05, 0.1) is 0 Å². The number of carbonyl (C=O) groups excluding carboxylic acids is 3. The van der Waals surface area contributed by atoms with E-state index in [9.17, 15) is 14.4 Å². The van der Waals surface area contributed by atoms with Crippen LogP contribution in [0.15, 0.2) is 18.2 Å². The lowest BCUT2D eigenvalue weighted by molar-refractivity contribution is -0.149. The van der Waals surface area contributed by atoms with Crippen molar-refractivity contribution in [2.24, 2.45) is 0 Å². The van der Waals surface area contributed by atoms with Crippen LogP contribution < -0.4 is 10.6 Å². The zero-order valence-electron chi connectivity index (χ0n) is 23.7. The van der Waals surface area contributed by atoms with E-state index in [2.05, 4.69) is 17.6 Å². The Labute approximate surface area is 212 Å². The molecule has 0 radical (unpaired) electrons. The number of nitrogens with zero attached hydrogens (tertiary/aromatic N) is 1. The molecule has 3 unspecified atom stereocenters. The predicted molar refractivity (Wildman–Crippen MR) is 141 cm³/mol. The second kappa shape index (κ2) is 12.4. The number of carbonyl (C=O) groups is 3. The van der Waals surface area contributed by atoms with Crippen molar-refractivity contribution in [3.63, 3.8) is 0 Å². The van der Waals surface area contributed by atoms with E-state index in [0.29, 0.717) is 6.42 Å². The summed E-state index contributed by atoms with van der Waals surface area (Å²) in [6.45, 7) is 20.8. The Bertz CT molecular complexity index is 868. The van der Waals surface area contributed by atoms with Gasteiger partial charge in [-0.1, -0.05) is 38.5 Å². The van der Waals surface area contributed by atoms with Gasteiger partial charge < -0.3 is 20.3 Å². The van der Waals surface area contributed by atoms with Crippen molar-refractivity contribution >= 4 is 17.9 Å². The van der Waals surface area contributed by atoms with Gasteiger partial charge in [0, 0.05) is 11.6 Å². The van der Waals surface area contributed by atoms with Crippen molar-refractivity contribution in [3.8, 4) is 0 Å². The molecule has 0 aliphatic rings. The SMILES string of the molecule is CCCC(C)NC(=O)C(c1c(C)cccc1C)N(C(=O)C(C)NC(=O)OC(C)(C)C)C(C)(C)CC. The molecule has 7 heteroatoms. The average Bonchev–Trinajstić information content (AvgIpc) is 2.70. The second-order valence-electron chi connectivity index (χ2n) is 11.1. The Morgan fingerprint density at radius 2 is 1.51 bits per heavy atom. The summed E-state index contributed by atoms with van der Waals surface area (Å²) in [5.41, 5.74) is 1.33. The summed E-state index contributed by atoms with van der Waals surface area (Å²) in [5.74, 6) is -0.559. The van der Waals surface area contributed by atoms with Gasteiger partial charge in [-0.3, -0.25) is 9.59 Å². The lowest BCUT2D eigenvalue weighted by Gasteiger charge is -2.45. The number of benzene rings is 1. The van der Waals surface area contributed by atoms with Gasteiger partial charge in [-0.2, -0.15) is 0 Å². The molecule has 1 rings (SSSR count). The molecule has 1 aromatic carbocycles. The lowest BCUT2D eigenvalue weighted by Crippen LogP contribution is -2.59. The molecular formula is C28H47N3O4. The highest BCUT2D eigenvalue weighted by molar-refractivity contribution is 5.93. The summed E-state index contributed by atoms with van der Waals surface area (Å²) in [4.78, 5) is 41.9. The fraction of sp³-hybridized carbons (Fsp3) is 0.679. The van der Waals surface area contributed by atoms with E-state index >= 15 is 0 Å². The highest BCUT2D eigenvalue weighted by atomic mass is 16.6. The summed E-state index contributed by atoms with van der Waals surface area (Å²) in [6, 6.07) is 4.11. The molecule has 0 spiro atoms. The number of alkyl carbamates (subject to hydrolysis) is 1. The van der Waals surface area contributed by atoms with Crippen LogP contribution in [-0.2, 0) is 14.3 Å². The number of nitrogens with one attached hydrogen (secondary N) is 2. The smallest absolute Gasteiger partial charge is 0.408 e. The Morgan fingerprint density at radius 3 is 1.97 bits per heavy atom. The molecular weight excluding hydrogens is 442 g/mol. The second-order valence-corrected chi connectivity index (χ2v) is 11.1. The Balaban J connectivity index is 3.58. The third kappa shape index (κ3) is 8.55. The van der Waals surface area contributed by atoms with Gasteiger partial charge in [0.2, 0.25) is 11.8 Å². The van der Waals surface area contributed by atoms with Gasteiger partial charge in [0.15, 0.2) is 0 Å². The molecule has 0 aromatic heterocycles. The van der Waals surface area contributed by atoms with E-state index in [0.717, 1.165) is 29.5 Å². The molecule has 7 nitrogen and oxygen atoms in total.